The maximum atomic E-state index is 13.5. The Morgan fingerprint density at radius 3 is 2.38 bits per heavy atom. The van der Waals surface area contributed by atoms with Gasteiger partial charge in [0.05, 0.1) is 37.6 Å². The van der Waals surface area contributed by atoms with Crippen LogP contribution in [0.4, 0.5) is 5.69 Å². The van der Waals surface area contributed by atoms with Gasteiger partial charge in [0.2, 0.25) is 0 Å². The first-order valence-electron chi connectivity index (χ1n) is 11.1. The zero-order valence-electron chi connectivity index (χ0n) is 19.6. The van der Waals surface area contributed by atoms with Gasteiger partial charge in [-0.15, -0.1) is 0 Å². The molecule has 0 unspecified atom stereocenters. The summed E-state index contributed by atoms with van der Waals surface area (Å²) in [5.74, 6) is 1.23. The lowest BCUT2D eigenvalue weighted by molar-refractivity contribution is 0.0972. The zero-order chi connectivity index (χ0) is 23.3. The van der Waals surface area contributed by atoms with Crippen molar-refractivity contribution in [3.05, 3.63) is 39.3 Å². The lowest BCUT2D eigenvalue weighted by Gasteiger charge is -2.23. The lowest BCUT2D eigenvalue weighted by Crippen LogP contribution is -2.36. The van der Waals surface area contributed by atoms with E-state index >= 15 is 0 Å². The van der Waals surface area contributed by atoms with Crippen LogP contribution in [0.5, 0.6) is 5.75 Å². The standard InChI is InChI=1S/C24H33N3O5/c1-6-19-22(25-16(13-30-3)14-31-4)24(29)27(7-2)23(26-19)18-11-15-9-8-10-20(28)17(15)12-21(18)32-5/h11-12,16,25H,6-10,13-14H2,1-5H3. The highest BCUT2D eigenvalue weighted by atomic mass is 16.5. The quantitative estimate of drug-likeness (QED) is 0.603. The molecule has 0 saturated carbocycles. The van der Waals surface area contributed by atoms with Crippen LogP contribution < -0.4 is 15.6 Å². The Bertz CT molecular complexity index is 1030. The monoisotopic (exact) mass is 443 g/mol. The maximum Gasteiger partial charge on any atom is 0.277 e. The lowest BCUT2D eigenvalue weighted by atomic mass is 9.88. The van der Waals surface area contributed by atoms with E-state index in [0.29, 0.717) is 61.1 Å². The van der Waals surface area contributed by atoms with Crippen LogP contribution in [-0.2, 0) is 28.9 Å². The van der Waals surface area contributed by atoms with Crippen molar-refractivity contribution in [1.82, 2.24) is 9.55 Å². The third kappa shape index (κ3) is 4.71. The molecule has 1 heterocycles. The Morgan fingerprint density at radius 2 is 1.78 bits per heavy atom. The van der Waals surface area contributed by atoms with Crippen molar-refractivity contribution in [2.24, 2.45) is 0 Å². The van der Waals surface area contributed by atoms with Crippen molar-refractivity contribution in [3.63, 3.8) is 0 Å². The number of hydrogen-bond acceptors (Lipinski definition) is 7. The van der Waals surface area contributed by atoms with Gasteiger partial charge in [-0.05, 0) is 43.9 Å². The summed E-state index contributed by atoms with van der Waals surface area (Å²) in [6, 6.07) is 3.58. The highest BCUT2D eigenvalue weighted by Gasteiger charge is 2.25. The molecular formula is C24H33N3O5. The number of Topliss-reactive ketones (excluding diaryl/α,β-unsaturated/α-hetero) is 1. The van der Waals surface area contributed by atoms with E-state index in [1.807, 2.05) is 19.9 Å². The fourth-order valence-corrected chi connectivity index (χ4v) is 4.25. The van der Waals surface area contributed by atoms with Crippen molar-refractivity contribution >= 4 is 11.5 Å². The van der Waals surface area contributed by atoms with E-state index in [9.17, 15) is 9.59 Å². The number of carbonyl (C=O) groups is 1. The van der Waals surface area contributed by atoms with Crippen LogP contribution in [0.15, 0.2) is 16.9 Å². The van der Waals surface area contributed by atoms with Gasteiger partial charge in [-0.2, -0.15) is 0 Å². The minimum Gasteiger partial charge on any atom is -0.496 e. The molecule has 8 nitrogen and oxygen atoms in total. The average Bonchev–Trinajstić information content (AvgIpc) is 2.79. The molecule has 0 bridgehead atoms. The number of nitrogens with one attached hydrogen (secondary N) is 1. The summed E-state index contributed by atoms with van der Waals surface area (Å²) in [6.07, 6.45) is 2.78. The summed E-state index contributed by atoms with van der Waals surface area (Å²) in [5.41, 5.74) is 3.40. The van der Waals surface area contributed by atoms with E-state index in [1.165, 1.54) is 0 Å². The second-order valence-electron chi connectivity index (χ2n) is 7.90. The molecule has 1 aromatic carbocycles. The molecule has 0 atom stereocenters. The average molecular weight is 444 g/mol. The normalized spacial score (nSPS) is 13.4. The molecule has 32 heavy (non-hydrogen) atoms. The fourth-order valence-electron chi connectivity index (χ4n) is 4.25. The molecule has 1 aromatic heterocycles. The van der Waals surface area contributed by atoms with Crippen LogP contribution in [0, 0.1) is 0 Å². The van der Waals surface area contributed by atoms with E-state index < -0.39 is 0 Å². The largest absolute Gasteiger partial charge is 0.496 e. The van der Waals surface area contributed by atoms with Gasteiger partial charge >= 0.3 is 0 Å². The molecule has 3 rings (SSSR count). The molecule has 8 heteroatoms. The number of nitrogens with zero attached hydrogens (tertiary/aromatic N) is 2. The number of ether oxygens (including phenoxy) is 3. The molecule has 0 spiro atoms. The number of ketones is 1. The van der Waals surface area contributed by atoms with Crippen molar-refractivity contribution in [3.8, 4) is 17.1 Å². The molecule has 1 N–H and O–H groups in total. The maximum absolute atomic E-state index is 13.5. The number of anilines is 1. The Kier molecular flexibility index (Phi) is 8.04. The van der Waals surface area contributed by atoms with Gasteiger partial charge in [-0.25, -0.2) is 4.98 Å². The van der Waals surface area contributed by atoms with E-state index in [1.54, 1.807) is 32.0 Å². The van der Waals surface area contributed by atoms with Crippen LogP contribution in [0.2, 0.25) is 0 Å². The fraction of sp³-hybridized carbons (Fsp3) is 0.542. The molecule has 174 valence electrons. The predicted molar refractivity (Wildman–Crippen MR) is 124 cm³/mol. The highest BCUT2D eigenvalue weighted by Crippen LogP contribution is 2.35. The molecule has 2 aromatic rings. The van der Waals surface area contributed by atoms with Gasteiger partial charge in [-0.3, -0.25) is 14.2 Å². The van der Waals surface area contributed by atoms with Crippen LogP contribution >= 0.6 is 0 Å². The summed E-state index contributed by atoms with van der Waals surface area (Å²) < 4.78 is 17.8. The van der Waals surface area contributed by atoms with E-state index in [4.69, 9.17) is 19.2 Å². The Morgan fingerprint density at radius 1 is 1.06 bits per heavy atom. The molecule has 0 saturated heterocycles. The molecule has 0 aliphatic heterocycles. The third-order valence-electron chi connectivity index (χ3n) is 5.80. The first-order chi connectivity index (χ1) is 15.5. The van der Waals surface area contributed by atoms with Crippen molar-refractivity contribution < 1.29 is 19.0 Å². The number of aryl methyl sites for hydroxylation is 2. The molecule has 0 fully saturated rings. The summed E-state index contributed by atoms with van der Waals surface area (Å²) in [4.78, 5) is 30.8. The van der Waals surface area contributed by atoms with Gasteiger partial charge in [-0.1, -0.05) is 6.92 Å². The summed E-state index contributed by atoms with van der Waals surface area (Å²) in [5, 5.41) is 3.28. The van der Waals surface area contributed by atoms with Crippen molar-refractivity contribution in [1.29, 1.82) is 0 Å². The molecule has 1 aliphatic carbocycles. The smallest absolute Gasteiger partial charge is 0.277 e. The van der Waals surface area contributed by atoms with Crippen LogP contribution in [0.1, 0.15) is 48.3 Å². The second-order valence-corrected chi connectivity index (χ2v) is 7.90. The Labute approximate surface area is 188 Å². The Balaban J connectivity index is 2.17. The van der Waals surface area contributed by atoms with Crippen molar-refractivity contribution in [2.75, 3.05) is 39.9 Å². The summed E-state index contributed by atoms with van der Waals surface area (Å²) >= 11 is 0. The van der Waals surface area contributed by atoms with Gasteiger partial charge in [0.1, 0.15) is 17.3 Å². The van der Waals surface area contributed by atoms with Crippen LogP contribution in [0.3, 0.4) is 0 Å². The third-order valence-corrected chi connectivity index (χ3v) is 5.80. The predicted octanol–water partition coefficient (Wildman–Crippen LogP) is 3.09. The SMILES string of the molecule is CCc1nc(-c2cc3c(cc2OC)C(=O)CCC3)n(CC)c(=O)c1NC(COC)COC. The first kappa shape index (κ1) is 23.9. The minimum atomic E-state index is -0.176. The molecular weight excluding hydrogens is 410 g/mol. The molecule has 1 aliphatic rings. The van der Waals surface area contributed by atoms with Gasteiger partial charge in [0, 0.05) is 32.7 Å². The number of aromatic nitrogens is 2. The first-order valence-corrected chi connectivity index (χ1v) is 11.1. The van der Waals surface area contributed by atoms with E-state index in [-0.39, 0.29) is 17.4 Å². The number of rotatable bonds is 10. The highest BCUT2D eigenvalue weighted by molar-refractivity contribution is 5.99. The number of methoxy groups -OCH3 is 3. The topological polar surface area (TPSA) is 91.7 Å². The van der Waals surface area contributed by atoms with Crippen LogP contribution in [0.25, 0.3) is 11.4 Å². The number of hydrogen-bond donors (Lipinski definition) is 1. The zero-order valence-corrected chi connectivity index (χ0v) is 19.6. The van der Waals surface area contributed by atoms with Gasteiger partial charge < -0.3 is 19.5 Å². The molecule has 0 radical (unpaired) electrons. The molecule has 0 amide bonds. The second kappa shape index (κ2) is 10.7. The van der Waals surface area contributed by atoms with E-state index in [0.717, 1.165) is 24.0 Å². The van der Waals surface area contributed by atoms with Crippen molar-refractivity contribution in [2.45, 2.75) is 52.1 Å². The van der Waals surface area contributed by atoms with E-state index in [2.05, 4.69) is 5.32 Å². The minimum absolute atomic E-state index is 0.132. The number of benzene rings is 1. The number of fused-ring (bicyclic) bond motifs is 1. The number of carbonyl (C=O) groups excluding carboxylic acids is 1. The summed E-state index contributed by atoms with van der Waals surface area (Å²) in [6.45, 7) is 5.13. The van der Waals surface area contributed by atoms with Gasteiger partial charge in [0.25, 0.3) is 5.56 Å². The van der Waals surface area contributed by atoms with Gasteiger partial charge in [0.15, 0.2) is 5.78 Å². The summed E-state index contributed by atoms with van der Waals surface area (Å²) in [7, 11) is 4.80. The van der Waals surface area contributed by atoms with Crippen LogP contribution in [-0.4, -0.2) is 55.9 Å². The Hall–Kier alpha value is -2.71.